The second-order valence-electron chi connectivity index (χ2n) is 2.96. The Labute approximate surface area is 98.8 Å². The Morgan fingerprint density at radius 2 is 2.38 bits per heavy atom. The van der Waals surface area contributed by atoms with Crippen molar-refractivity contribution in [2.75, 3.05) is 11.9 Å². The molecular weight excluding hydrogens is 228 g/mol. The van der Waals surface area contributed by atoms with E-state index in [-0.39, 0.29) is 12.3 Å². The minimum atomic E-state index is -0.359. The van der Waals surface area contributed by atoms with E-state index in [2.05, 4.69) is 5.32 Å². The van der Waals surface area contributed by atoms with Crippen LogP contribution in [0.15, 0.2) is 18.2 Å². The lowest BCUT2D eigenvalue weighted by molar-refractivity contribution is -0.115. The molecule has 0 bridgehead atoms. The number of nitrogens with zero attached hydrogens (tertiary/aromatic N) is 1. The predicted octanol–water partition coefficient (Wildman–Crippen LogP) is 2.59. The van der Waals surface area contributed by atoms with Crippen LogP contribution in [0.3, 0.4) is 0 Å². The molecule has 0 radical (unpaired) electrons. The van der Waals surface area contributed by atoms with Crippen LogP contribution in [0.1, 0.15) is 13.3 Å². The summed E-state index contributed by atoms with van der Waals surface area (Å²) in [5.41, 5.74) is 0.550. The number of anilines is 1. The van der Waals surface area contributed by atoms with Gasteiger partial charge in [-0.15, -0.1) is 0 Å². The lowest BCUT2D eigenvalue weighted by Gasteiger charge is -2.08. The fourth-order valence-corrected chi connectivity index (χ4v) is 1.36. The van der Waals surface area contributed by atoms with Gasteiger partial charge in [0.1, 0.15) is 12.2 Å². The molecule has 0 aromatic heterocycles. The summed E-state index contributed by atoms with van der Waals surface area (Å²) in [4.78, 5) is 11.1. The summed E-state index contributed by atoms with van der Waals surface area (Å²) in [6.07, 6.45) is -0.176. The molecule has 0 spiro atoms. The predicted molar refractivity (Wildman–Crippen MR) is 61.5 cm³/mol. The van der Waals surface area contributed by atoms with E-state index in [1.165, 1.54) is 0 Å². The number of amides is 1. The van der Waals surface area contributed by atoms with E-state index in [1.54, 1.807) is 24.3 Å². The van der Waals surface area contributed by atoms with Gasteiger partial charge >= 0.3 is 0 Å². The molecule has 0 atom stereocenters. The van der Waals surface area contributed by atoms with Crippen molar-refractivity contribution in [2.45, 2.75) is 13.3 Å². The molecular formula is C11H11ClN2O2. The van der Waals surface area contributed by atoms with Crippen LogP contribution < -0.4 is 10.1 Å². The number of nitriles is 1. The van der Waals surface area contributed by atoms with Gasteiger partial charge in [-0.2, -0.15) is 5.26 Å². The van der Waals surface area contributed by atoms with Crippen molar-refractivity contribution in [2.24, 2.45) is 0 Å². The van der Waals surface area contributed by atoms with Crippen LogP contribution in [-0.4, -0.2) is 12.5 Å². The number of hydrogen-bond acceptors (Lipinski definition) is 3. The van der Waals surface area contributed by atoms with E-state index < -0.39 is 0 Å². The summed E-state index contributed by atoms with van der Waals surface area (Å²) in [5, 5.41) is 11.3. The number of hydrogen-bond donors (Lipinski definition) is 1. The van der Waals surface area contributed by atoms with Crippen LogP contribution in [0.4, 0.5) is 5.69 Å². The van der Waals surface area contributed by atoms with Crippen molar-refractivity contribution < 1.29 is 9.53 Å². The molecule has 0 heterocycles. The molecule has 0 aliphatic heterocycles. The summed E-state index contributed by atoms with van der Waals surface area (Å²) >= 11 is 5.93. The lowest BCUT2D eigenvalue weighted by atomic mass is 10.3. The molecule has 0 saturated carbocycles. The van der Waals surface area contributed by atoms with Gasteiger partial charge in [-0.3, -0.25) is 4.79 Å². The van der Waals surface area contributed by atoms with Crippen molar-refractivity contribution in [1.82, 2.24) is 0 Å². The molecule has 5 heteroatoms. The van der Waals surface area contributed by atoms with Crippen LogP contribution >= 0.6 is 11.6 Å². The Hall–Kier alpha value is -1.73. The SMILES string of the molecule is CCOc1ccc(NC(=O)CC#N)cc1Cl. The quantitative estimate of drug-likeness (QED) is 0.877. The van der Waals surface area contributed by atoms with Crippen molar-refractivity contribution >= 4 is 23.2 Å². The molecule has 0 unspecified atom stereocenters. The third kappa shape index (κ3) is 3.44. The largest absolute Gasteiger partial charge is 0.492 e. The van der Waals surface area contributed by atoms with Gasteiger partial charge in [-0.25, -0.2) is 0 Å². The number of rotatable bonds is 4. The Morgan fingerprint density at radius 1 is 1.62 bits per heavy atom. The molecule has 1 rings (SSSR count). The number of ether oxygens (including phenoxy) is 1. The van der Waals surface area contributed by atoms with Gasteiger partial charge in [0.15, 0.2) is 0 Å². The molecule has 84 valence electrons. The van der Waals surface area contributed by atoms with Gasteiger partial charge in [-0.05, 0) is 25.1 Å². The fraction of sp³-hybridized carbons (Fsp3) is 0.273. The van der Waals surface area contributed by atoms with Crippen molar-refractivity contribution in [3.05, 3.63) is 23.2 Å². The third-order valence-corrected chi connectivity index (χ3v) is 2.05. The third-order valence-electron chi connectivity index (χ3n) is 1.76. The van der Waals surface area contributed by atoms with Crippen LogP contribution in [0.2, 0.25) is 5.02 Å². The number of benzene rings is 1. The first-order valence-corrected chi connectivity index (χ1v) is 5.14. The molecule has 0 aliphatic rings. The highest BCUT2D eigenvalue weighted by atomic mass is 35.5. The highest BCUT2D eigenvalue weighted by Crippen LogP contribution is 2.27. The number of carbonyl (C=O) groups is 1. The summed E-state index contributed by atoms with van der Waals surface area (Å²) in [6, 6.07) is 6.70. The Balaban J connectivity index is 2.74. The summed E-state index contributed by atoms with van der Waals surface area (Å²) < 4.78 is 5.25. The standard InChI is InChI=1S/C11H11ClN2O2/c1-2-16-10-4-3-8(7-9(10)12)14-11(15)5-6-13/h3-4,7H,2,5H2,1H3,(H,14,15). The zero-order chi connectivity index (χ0) is 12.0. The van der Waals surface area contributed by atoms with Crippen LogP contribution in [-0.2, 0) is 4.79 Å². The topological polar surface area (TPSA) is 62.1 Å². The Kier molecular flexibility index (Phi) is 4.62. The van der Waals surface area contributed by atoms with Gasteiger partial charge in [0.05, 0.1) is 17.7 Å². The Bertz CT molecular complexity index is 426. The van der Waals surface area contributed by atoms with E-state index in [9.17, 15) is 4.79 Å². The maximum atomic E-state index is 11.1. The second kappa shape index (κ2) is 5.99. The highest BCUT2D eigenvalue weighted by molar-refractivity contribution is 6.32. The monoisotopic (exact) mass is 238 g/mol. The van der Waals surface area contributed by atoms with Crippen LogP contribution in [0.25, 0.3) is 0 Å². The number of nitrogens with one attached hydrogen (secondary N) is 1. The second-order valence-corrected chi connectivity index (χ2v) is 3.37. The fourth-order valence-electron chi connectivity index (χ4n) is 1.13. The normalized spacial score (nSPS) is 9.31. The molecule has 1 aromatic rings. The van der Waals surface area contributed by atoms with Gasteiger partial charge in [0.25, 0.3) is 0 Å². The van der Waals surface area contributed by atoms with E-state index in [0.717, 1.165) is 0 Å². The number of halogens is 1. The summed E-state index contributed by atoms with van der Waals surface area (Å²) in [6.45, 7) is 2.39. The molecule has 0 aliphatic carbocycles. The smallest absolute Gasteiger partial charge is 0.238 e. The van der Waals surface area contributed by atoms with Gasteiger partial charge in [-0.1, -0.05) is 11.6 Å². The van der Waals surface area contributed by atoms with E-state index in [0.29, 0.717) is 23.1 Å². The zero-order valence-corrected chi connectivity index (χ0v) is 9.54. The average Bonchev–Trinajstić information content (AvgIpc) is 2.22. The van der Waals surface area contributed by atoms with Gasteiger partial charge in [0, 0.05) is 5.69 Å². The molecule has 4 nitrogen and oxygen atoms in total. The lowest BCUT2D eigenvalue weighted by Crippen LogP contribution is -2.10. The molecule has 0 saturated heterocycles. The first-order chi connectivity index (χ1) is 7.67. The first kappa shape index (κ1) is 12.3. The molecule has 0 fully saturated rings. The van der Waals surface area contributed by atoms with Gasteiger partial charge < -0.3 is 10.1 Å². The van der Waals surface area contributed by atoms with Gasteiger partial charge in [0.2, 0.25) is 5.91 Å². The molecule has 1 N–H and O–H groups in total. The van der Waals surface area contributed by atoms with Crippen molar-refractivity contribution in [3.63, 3.8) is 0 Å². The molecule has 16 heavy (non-hydrogen) atoms. The average molecular weight is 239 g/mol. The summed E-state index contributed by atoms with van der Waals surface area (Å²) in [7, 11) is 0. The van der Waals surface area contributed by atoms with Crippen molar-refractivity contribution in [1.29, 1.82) is 5.26 Å². The number of carbonyl (C=O) groups excluding carboxylic acids is 1. The Morgan fingerprint density at radius 3 is 2.94 bits per heavy atom. The van der Waals surface area contributed by atoms with E-state index in [1.807, 2.05) is 6.92 Å². The minimum Gasteiger partial charge on any atom is -0.492 e. The van der Waals surface area contributed by atoms with Crippen molar-refractivity contribution in [3.8, 4) is 11.8 Å². The summed E-state index contributed by atoms with van der Waals surface area (Å²) in [5.74, 6) is 0.213. The van der Waals surface area contributed by atoms with E-state index >= 15 is 0 Å². The maximum absolute atomic E-state index is 11.1. The zero-order valence-electron chi connectivity index (χ0n) is 8.79. The van der Waals surface area contributed by atoms with Crippen LogP contribution in [0, 0.1) is 11.3 Å². The minimum absolute atomic E-state index is 0.176. The first-order valence-electron chi connectivity index (χ1n) is 4.76. The highest BCUT2D eigenvalue weighted by Gasteiger charge is 2.05. The van der Waals surface area contributed by atoms with E-state index in [4.69, 9.17) is 21.6 Å². The van der Waals surface area contributed by atoms with Crippen LogP contribution in [0.5, 0.6) is 5.75 Å². The molecule has 1 amide bonds. The molecule has 1 aromatic carbocycles. The maximum Gasteiger partial charge on any atom is 0.238 e.